The lowest BCUT2D eigenvalue weighted by atomic mass is 10.0. The molecule has 4 nitrogen and oxygen atoms in total. The third kappa shape index (κ3) is 6.74. The molecule has 0 heterocycles. The third-order valence-electron chi connectivity index (χ3n) is 3.93. The summed E-state index contributed by atoms with van der Waals surface area (Å²) in [5, 5.41) is 3.80. The van der Waals surface area contributed by atoms with Gasteiger partial charge in [-0.1, -0.05) is 66.0 Å². The zero-order valence-electron chi connectivity index (χ0n) is 15.2. The second-order valence-electron chi connectivity index (χ2n) is 6.05. The molecule has 1 atom stereocenters. The summed E-state index contributed by atoms with van der Waals surface area (Å²) in [5.74, 6) is -0.978. The molecule has 142 valence electrons. The molecule has 1 N–H and O–H groups in total. The maximum absolute atomic E-state index is 12.1. The van der Waals surface area contributed by atoms with Gasteiger partial charge in [-0.25, -0.2) is 4.79 Å². The number of ether oxygens (including phenoxy) is 1. The van der Waals surface area contributed by atoms with Crippen molar-refractivity contribution >= 4 is 41.2 Å². The molecule has 0 aliphatic rings. The van der Waals surface area contributed by atoms with Gasteiger partial charge in [0.15, 0.2) is 6.61 Å². The number of amides is 1. The molecule has 2 aromatic carbocycles. The second kappa shape index (κ2) is 10.1. The van der Waals surface area contributed by atoms with Crippen molar-refractivity contribution in [3.63, 3.8) is 0 Å². The van der Waals surface area contributed by atoms with E-state index < -0.39 is 5.97 Å². The molecule has 0 unspecified atom stereocenters. The van der Waals surface area contributed by atoms with E-state index in [2.05, 4.69) is 5.32 Å². The Morgan fingerprint density at radius 3 is 2.48 bits per heavy atom. The summed E-state index contributed by atoms with van der Waals surface area (Å²) in [6.45, 7) is 3.64. The molecule has 0 saturated carbocycles. The average Bonchev–Trinajstić information content (AvgIpc) is 2.64. The summed E-state index contributed by atoms with van der Waals surface area (Å²) in [6, 6.07) is 12.8. The fourth-order valence-corrected chi connectivity index (χ4v) is 2.91. The van der Waals surface area contributed by atoms with Crippen LogP contribution < -0.4 is 5.32 Å². The second-order valence-corrected chi connectivity index (χ2v) is 6.89. The van der Waals surface area contributed by atoms with Crippen LogP contribution >= 0.6 is 23.2 Å². The smallest absolute Gasteiger partial charge is 0.331 e. The normalized spacial score (nSPS) is 12.0. The zero-order valence-corrected chi connectivity index (χ0v) is 16.7. The number of nitrogens with one attached hydrogen (secondary N) is 1. The minimum Gasteiger partial charge on any atom is -0.452 e. The molecule has 0 aliphatic heterocycles. The lowest BCUT2D eigenvalue weighted by Gasteiger charge is -2.17. The Balaban J connectivity index is 1.85. The number of esters is 1. The number of carbonyl (C=O) groups excluding carboxylic acids is 2. The van der Waals surface area contributed by atoms with Gasteiger partial charge in [0, 0.05) is 16.1 Å². The number of halogens is 2. The topological polar surface area (TPSA) is 55.4 Å². The summed E-state index contributed by atoms with van der Waals surface area (Å²) in [5.41, 5.74) is 2.80. The largest absolute Gasteiger partial charge is 0.452 e. The van der Waals surface area contributed by atoms with E-state index >= 15 is 0 Å². The minimum atomic E-state index is -0.625. The Kier molecular flexibility index (Phi) is 7.89. The van der Waals surface area contributed by atoms with Crippen LogP contribution in [0.15, 0.2) is 48.5 Å². The van der Waals surface area contributed by atoms with E-state index in [-0.39, 0.29) is 18.6 Å². The van der Waals surface area contributed by atoms with Crippen molar-refractivity contribution in [2.75, 3.05) is 6.61 Å². The number of carbonyl (C=O) groups is 2. The van der Waals surface area contributed by atoms with Crippen LogP contribution in [0, 0.1) is 6.92 Å². The Bertz CT molecular complexity index is 832. The van der Waals surface area contributed by atoms with Gasteiger partial charge in [-0.2, -0.15) is 0 Å². The maximum Gasteiger partial charge on any atom is 0.331 e. The Hall–Kier alpha value is -2.30. The molecule has 0 spiro atoms. The van der Waals surface area contributed by atoms with Crippen molar-refractivity contribution < 1.29 is 14.3 Å². The van der Waals surface area contributed by atoms with Crippen LogP contribution in [-0.2, 0) is 14.3 Å². The summed E-state index contributed by atoms with van der Waals surface area (Å²) >= 11 is 11.9. The van der Waals surface area contributed by atoms with E-state index in [1.54, 1.807) is 18.2 Å². The number of rotatable bonds is 7. The number of hydrogen-bond donors (Lipinski definition) is 1. The zero-order chi connectivity index (χ0) is 19.8. The van der Waals surface area contributed by atoms with E-state index in [9.17, 15) is 9.59 Å². The lowest BCUT2D eigenvalue weighted by Crippen LogP contribution is -2.32. The molecule has 0 aromatic heterocycles. The number of hydrogen-bond acceptors (Lipinski definition) is 3. The fourth-order valence-electron chi connectivity index (χ4n) is 2.44. The van der Waals surface area contributed by atoms with Crippen LogP contribution in [0.25, 0.3) is 6.08 Å². The molecule has 0 bridgehead atoms. The summed E-state index contributed by atoms with van der Waals surface area (Å²) in [6.07, 6.45) is 3.47. The molecule has 0 radical (unpaired) electrons. The van der Waals surface area contributed by atoms with Crippen molar-refractivity contribution in [3.8, 4) is 0 Å². The quantitative estimate of drug-likeness (QED) is 0.513. The van der Waals surface area contributed by atoms with Crippen LogP contribution in [0.4, 0.5) is 0 Å². The molecule has 0 saturated heterocycles. The van der Waals surface area contributed by atoms with Gasteiger partial charge in [0.1, 0.15) is 0 Å². The van der Waals surface area contributed by atoms with E-state index in [1.165, 1.54) is 12.2 Å². The first-order valence-corrected chi connectivity index (χ1v) is 9.30. The van der Waals surface area contributed by atoms with Gasteiger partial charge in [0.25, 0.3) is 5.91 Å². The van der Waals surface area contributed by atoms with E-state index in [1.807, 2.05) is 38.1 Å². The van der Waals surface area contributed by atoms with Crippen LogP contribution in [0.5, 0.6) is 0 Å². The van der Waals surface area contributed by atoms with Gasteiger partial charge in [0.2, 0.25) is 0 Å². The van der Waals surface area contributed by atoms with Gasteiger partial charge in [-0.05, 0) is 42.7 Å². The van der Waals surface area contributed by atoms with Gasteiger partial charge in [-0.15, -0.1) is 0 Å². The third-order valence-corrected chi connectivity index (χ3v) is 4.49. The van der Waals surface area contributed by atoms with E-state index in [0.29, 0.717) is 15.6 Å². The fraction of sp³-hybridized carbons (Fsp3) is 0.238. The van der Waals surface area contributed by atoms with Crippen LogP contribution in [0.3, 0.4) is 0 Å². The molecule has 6 heteroatoms. The van der Waals surface area contributed by atoms with Gasteiger partial charge < -0.3 is 10.1 Å². The SMILES string of the molecule is CC[C@H](NC(=O)COC(=O)/C=C/c1ccc(Cl)cc1Cl)c1ccc(C)cc1. The summed E-state index contributed by atoms with van der Waals surface area (Å²) < 4.78 is 4.98. The Labute approximate surface area is 169 Å². The standard InChI is InChI=1S/C21H21Cl2NO3/c1-3-19(16-6-4-14(2)5-7-16)24-20(25)13-27-21(26)11-9-15-8-10-17(22)12-18(15)23/h4-12,19H,3,13H2,1-2H3,(H,24,25)/b11-9+/t19-/m0/s1. The van der Waals surface area contributed by atoms with Crippen LogP contribution in [0.1, 0.15) is 36.1 Å². The van der Waals surface area contributed by atoms with Crippen molar-refractivity contribution in [1.29, 1.82) is 0 Å². The van der Waals surface area contributed by atoms with Crippen molar-refractivity contribution in [2.24, 2.45) is 0 Å². The van der Waals surface area contributed by atoms with Crippen LogP contribution in [0.2, 0.25) is 10.0 Å². The van der Waals surface area contributed by atoms with Crippen molar-refractivity contribution in [3.05, 3.63) is 75.3 Å². The summed E-state index contributed by atoms with van der Waals surface area (Å²) in [4.78, 5) is 23.9. The predicted molar refractivity (Wildman–Crippen MR) is 109 cm³/mol. The highest BCUT2D eigenvalue weighted by molar-refractivity contribution is 6.35. The first kappa shape index (κ1) is 21.0. The highest BCUT2D eigenvalue weighted by atomic mass is 35.5. The Morgan fingerprint density at radius 1 is 1.15 bits per heavy atom. The molecule has 0 aliphatic carbocycles. The van der Waals surface area contributed by atoms with Gasteiger partial charge >= 0.3 is 5.97 Å². The lowest BCUT2D eigenvalue weighted by molar-refractivity contribution is -0.144. The van der Waals surface area contributed by atoms with E-state index in [0.717, 1.165) is 17.5 Å². The van der Waals surface area contributed by atoms with Crippen LogP contribution in [-0.4, -0.2) is 18.5 Å². The Morgan fingerprint density at radius 2 is 1.85 bits per heavy atom. The van der Waals surface area contributed by atoms with Gasteiger partial charge in [-0.3, -0.25) is 4.79 Å². The molecular formula is C21H21Cl2NO3. The monoisotopic (exact) mass is 405 g/mol. The highest BCUT2D eigenvalue weighted by Crippen LogP contribution is 2.22. The average molecular weight is 406 g/mol. The number of benzene rings is 2. The molecule has 0 fully saturated rings. The molecular weight excluding hydrogens is 385 g/mol. The minimum absolute atomic E-state index is 0.125. The van der Waals surface area contributed by atoms with E-state index in [4.69, 9.17) is 27.9 Å². The first-order valence-electron chi connectivity index (χ1n) is 8.55. The molecule has 2 rings (SSSR count). The highest BCUT2D eigenvalue weighted by Gasteiger charge is 2.13. The van der Waals surface area contributed by atoms with Gasteiger partial charge in [0.05, 0.1) is 6.04 Å². The maximum atomic E-state index is 12.1. The first-order chi connectivity index (χ1) is 12.9. The molecule has 27 heavy (non-hydrogen) atoms. The number of aryl methyl sites for hydroxylation is 1. The molecule has 1 amide bonds. The van der Waals surface area contributed by atoms with Crippen molar-refractivity contribution in [2.45, 2.75) is 26.3 Å². The van der Waals surface area contributed by atoms with Crippen molar-refractivity contribution in [1.82, 2.24) is 5.32 Å². The molecule has 2 aromatic rings. The summed E-state index contributed by atoms with van der Waals surface area (Å²) in [7, 11) is 0. The predicted octanol–water partition coefficient (Wildman–Crippen LogP) is 5.13.